The summed E-state index contributed by atoms with van der Waals surface area (Å²) in [5, 5.41) is 13.5. The van der Waals surface area contributed by atoms with E-state index >= 15 is 0 Å². The number of likely N-dealkylation sites (N-methyl/N-ethyl adjacent to an activating group) is 1. The molecule has 1 atom stereocenters. The number of halogens is 1. The van der Waals surface area contributed by atoms with Crippen LogP contribution in [0.25, 0.3) is 0 Å². The fourth-order valence-electron chi connectivity index (χ4n) is 2.96. The lowest BCUT2D eigenvalue weighted by molar-refractivity contribution is -0.0390. The summed E-state index contributed by atoms with van der Waals surface area (Å²) in [5.74, 6) is -0.143. The van der Waals surface area contributed by atoms with Crippen LogP contribution in [0.2, 0.25) is 0 Å². The highest BCUT2D eigenvalue weighted by Crippen LogP contribution is 2.42. The summed E-state index contributed by atoms with van der Waals surface area (Å²) in [7, 11) is 1.91. The van der Waals surface area contributed by atoms with Gasteiger partial charge in [0, 0.05) is 6.04 Å². The molecular formula is C14H18FNO. The number of hydrogen-bond acceptors (Lipinski definition) is 2. The highest BCUT2D eigenvalue weighted by atomic mass is 19.1. The summed E-state index contributed by atoms with van der Waals surface area (Å²) in [4.78, 5) is 0. The summed E-state index contributed by atoms with van der Waals surface area (Å²) in [6, 6.07) is 3.89. The smallest absolute Gasteiger partial charge is 0.127 e. The van der Waals surface area contributed by atoms with Crippen molar-refractivity contribution >= 4 is 0 Å². The molecule has 17 heavy (non-hydrogen) atoms. The van der Waals surface area contributed by atoms with E-state index in [1.165, 1.54) is 6.07 Å². The molecule has 0 radical (unpaired) electrons. The minimum Gasteiger partial charge on any atom is -0.385 e. The number of aliphatic hydroxyl groups is 1. The molecule has 1 aromatic rings. The van der Waals surface area contributed by atoms with E-state index in [4.69, 9.17) is 0 Å². The molecule has 92 valence electrons. The van der Waals surface area contributed by atoms with Gasteiger partial charge in [-0.15, -0.1) is 0 Å². The molecule has 0 aliphatic heterocycles. The maximum absolute atomic E-state index is 14.0. The number of rotatable bonds is 2. The Labute approximate surface area is 101 Å². The first-order valence-corrected chi connectivity index (χ1v) is 6.34. The number of benzene rings is 1. The first-order valence-electron chi connectivity index (χ1n) is 6.34. The number of nitrogens with one attached hydrogen (secondary N) is 1. The topological polar surface area (TPSA) is 32.3 Å². The van der Waals surface area contributed by atoms with E-state index in [1.807, 2.05) is 13.1 Å². The summed E-state index contributed by atoms with van der Waals surface area (Å²) in [6.07, 6.45) is 4.19. The summed E-state index contributed by atoms with van der Waals surface area (Å²) < 4.78 is 14.0. The third kappa shape index (κ3) is 1.69. The van der Waals surface area contributed by atoms with Gasteiger partial charge < -0.3 is 10.4 Å². The predicted molar refractivity (Wildman–Crippen MR) is 64.4 cm³/mol. The lowest BCUT2D eigenvalue weighted by Gasteiger charge is -2.37. The van der Waals surface area contributed by atoms with Crippen molar-refractivity contribution in [1.82, 2.24) is 5.32 Å². The SMILES string of the molecule is CN[C@H]1Cc2cc(C3(O)CCC3)cc(F)c2C1. The molecular weight excluding hydrogens is 217 g/mol. The fraction of sp³-hybridized carbons (Fsp3) is 0.571. The summed E-state index contributed by atoms with van der Waals surface area (Å²) in [5.41, 5.74) is 1.92. The molecule has 3 heteroatoms. The molecule has 0 spiro atoms. The molecule has 0 amide bonds. The van der Waals surface area contributed by atoms with Crippen LogP contribution in [0.15, 0.2) is 12.1 Å². The lowest BCUT2D eigenvalue weighted by atomic mass is 9.74. The lowest BCUT2D eigenvalue weighted by Crippen LogP contribution is -2.33. The van der Waals surface area contributed by atoms with Crippen molar-refractivity contribution in [2.75, 3.05) is 7.05 Å². The second-order valence-corrected chi connectivity index (χ2v) is 5.37. The second kappa shape index (κ2) is 3.79. The first kappa shape index (κ1) is 11.2. The Balaban J connectivity index is 1.98. The summed E-state index contributed by atoms with van der Waals surface area (Å²) >= 11 is 0. The molecule has 0 bridgehead atoms. The van der Waals surface area contributed by atoms with E-state index < -0.39 is 5.60 Å². The fourth-order valence-corrected chi connectivity index (χ4v) is 2.96. The Kier molecular flexibility index (Phi) is 2.49. The van der Waals surface area contributed by atoms with Gasteiger partial charge in [-0.2, -0.15) is 0 Å². The van der Waals surface area contributed by atoms with Crippen molar-refractivity contribution < 1.29 is 9.50 Å². The van der Waals surface area contributed by atoms with Crippen LogP contribution in [0.1, 0.15) is 36.0 Å². The average molecular weight is 235 g/mol. The molecule has 0 heterocycles. The Morgan fingerprint density at radius 3 is 2.71 bits per heavy atom. The van der Waals surface area contributed by atoms with Gasteiger partial charge in [0.15, 0.2) is 0 Å². The average Bonchev–Trinajstić information content (AvgIpc) is 2.69. The van der Waals surface area contributed by atoms with Gasteiger partial charge in [0.25, 0.3) is 0 Å². The van der Waals surface area contributed by atoms with Gasteiger partial charge in [-0.25, -0.2) is 4.39 Å². The second-order valence-electron chi connectivity index (χ2n) is 5.37. The van der Waals surface area contributed by atoms with Gasteiger partial charge in [0.05, 0.1) is 5.60 Å². The third-order valence-electron chi connectivity index (χ3n) is 4.33. The molecule has 0 unspecified atom stereocenters. The Morgan fingerprint density at radius 2 is 2.12 bits per heavy atom. The van der Waals surface area contributed by atoms with E-state index in [0.717, 1.165) is 48.8 Å². The molecule has 1 fully saturated rings. The van der Waals surface area contributed by atoms with E-state index in [0.29, 0.717) is 6.04 Å². The van der Waals surface area contributed by atoms with E-state index in [-0.39, 0.29) is 5.82 Å². The van der Waals surface area contributed by atoms with Crippen molar-refractivity contribution in [1.29, 1.82) is 0 Å². The van der Waals surface area contributed by atoms with Gasteiger partial charge in [-0.3, -0.25) is 0 Å². The van der Waals surface area contributed by atoms with Gasteiger partial charge in [-0.1, -0.05) is 6.07 Å². The van der Waals surface area contributed by atoms with Gasteiger partial charge >= 0.3 is 0 Å². The van der Waals surface area contributed by atoms with Gasteiger partial charge in [0.1, 0.15) is 5.82 Å². The number of fused-ring (bicyclic) bond motifs is 1. The molecule has 2 aliphatic rings. The minimum absolute atomic E-state index is 0.143. The molecule has 0 aromatic heterocycles. The van der Waals surface area contributed by atoms with E-state index in [1.54, 1.807) is 0 Å². The first-order chi connectivity index (χ1) is 8.12. The van der Waals surface area contributed by atoms with Crippen LogP contribution in [0.3, 0.4) is 0 Å². The standard InChI is InChI=1S/C14H18FNO/c1-16-11-6-9-5-10(14(17)3-2-4-14)7-13(15)12(9)8-11/h5,7,11,16-17H,2-4,6,8H2,1H3/t11-/m0/s1. The monoisotopic (exact) mass is 235 g/mol. The molecule has 3 rings (SSSR count). The van der Waals surface area contributed by atoms with Crippen molar-refractivity contribution in [3.63, 3.8) is 0 Å². The van der Waals surface area contributed by atoms with Crippen molar-refractivity contribution in [2.24, 2.45) is 0 Å². The van der Waals surface area contributed by atoms with Crippen molar-refractivity contribution in [2.45, 2.75) is 43.7 Å². The van der Waals surface area contributed by atoms with E-state index in [2.05, 4.69) is 5.32 Å². The largest absolute Gasteiger partial charge is 0.385 e. The van der Waals surface area contributed by atoms with Crippen LogP contribution in [-0.2, 0) is 18.4 Å². The Hall–Kier alpha value is -0.930. The Bertz CT molecular complexity index is 454. The zero-order chi connectivity index (χ0) is 12.0. The maximum Gasteiger partial charge on any atom is 0.127 e. The zero-order valence-electron chi connectivity index (χ0n) is 10.1. The molecule has 0 saturated heterocycles. The van der Waals surface area contributed by atoms with Crippen LogP contribution in [0.5, 0.6) is 0 Å². The van der Waals surface area contributed by atoms with Crippen LogP contribution in [-0.4, -0.2) is 18.2 Å². The third-order valence-corrected chi connectivity index (χ3v) is 4.33. The molecule has 2 aliphatic carbocycles. The normalized spacial score (nSPS) is 25.5. The highest BCUT2D eigenvalue weighted by molar-refractivity contribution is 5.41. The maximum atomic E-state index is 14.0. The van der Waals surface area contributed by atoms with Gasteiger partial charge in [0.2, 0.25) is 0 Å². The summed E-state index contributed by atoms with van der Waals surface area (Å²) in [6.45, 7) is 0. The number of hydrogen-bond donors (Lipinski definition) is 2. The molecule has 1 saturated carbocycles. The van der Waals surface area contributed by atoms with Crippen LogP contribution < -0.4 is 5.32 Å². The zero-order valence-corrected chi connectivity index (χ0v) is 10.1. The highest BCUT2D eigenvalue weighted by Gasteiger charge is 2.38. The van der Waals surface area contributed by atoms with Crippen LogP contribution in [0, 0.1) is 5.82 Å². The van der Waals surface area contributed by atoms with Gasteiger partial charge in [-0.05, 0) is 61.9 Å². The van der Waals surface area contributed by atoms with E-state index in [9.17, 15) is 9.50 Å². The Morgan fingerprint density at radius 1 is 1.35 bits per heavy atom. The minimum atomic E-state index is -0.756. The molecule has 2 N–H and O–H groups in total. The van der Waals surface area contributed by atoms with Crippen molar-refractivity contribution in [3.05, 3.63) is 34.6 Å². The molecule has 2 nitrogen and oxygen atoms in total. The van der Waals surface area contributed by atoms with Crippen LogP contribution in [0.4, 0.5) is 4.39 Å². The van der Waals surface area contributed by atoms with Crippen LogP contribution >= 0.6 is 0 Å². The predicted octanol–water partition coefficient (Wildman–Crippen LogP) is 1.88. The molecule has 1 aromatic carbocycles. The van der Waals surface area contributed by atoms with Crippen molar-refractivity contribution in [3.8, 4) is 0 Å². The quantitative estimate of drug-likeness (QED) is 0.820.